The minimum Gasteiger partial charge on any atom is -0.393 e. The highest BCUT2D eigenvalue weighted by Crippen LogP contribution is 2.29. The highest BCUT2D eigenvalue weighted by molar-refractivity contribution is 9.10. The van der Waals surface area contributed by atoms with Gasteiger partial charge in [0.05, 0.1) is 18.9 Å². The van der Waals surface area contributed by atoms with Crippen LogP contribution < -0.4 is 4.90 Å². The van der Waals surface area contributed by atoms with Gasteiger partial charge in [-0.1, -0.05) is 6.07 Å². The number of ether oxygens (including phenoxy) is 1. The fourth-order valence-electron chi connectivity index (χ4n) is 1.84. The molecule has 4 nitrogen and oxygen atoms in total. The molecule has 1 N–H and O–H groups in total. The highest BCUT2D eigenvalue weighted by Gasteiger charge is 2.30. The number of aryl methyl sites for hydroxylation is 1. The molecule has 1 saturated heterocycles. The monoisotopic (exact) mass is 299 g/mol. The molecule has 0 aromatic heterocycles. The first kappa shape index (κ1) is 12.5. The molecular formula is C12H14BrNO3. The van der Waals surface area contributed by atoms with Crippen molar-refractivity contribution < 1.29 is 14.6 Å². The van der Waals surface area contributed by atoms with Gasteiger partial charge < -0.3 is 14.7 Å². The van der Waals surface area contributed by atoms with Crippen LogP contribution in [0.2, 0.25) is 0 Å². The number of anilines is 1. The number of aliphatic hydroxyl groups excluding tert-OH is 1. The van der Waals surface area contributed by atoms with E-state index in [9.17, 15) is 4.79 Å². The molecule has 0 radical (unpaired) electrons. The van der Waals surface area contributed by atoms with Crippen LogP contribution in [0.25, 0.3) is 0 Å². The van der Waals surface area contributed by atoms with Crippen LogP contribution in [-0.2, 0) is 9.53 Å². The van der Waals surface area contributed by atoms with Crippen molar-refractivity contribution in [2.24, 2.45) is 0 Å². The Morgan fingerprint density at radius 1 is 1.59 bits per heavy atom. The van der Waals surface area contributed by atoms with Crippen molar-refractivity contribution in [3.8, 4) is 0 Å². The van der Waals surface area contributed by atoms with Gasteiger partial charge in [0.1, 0.15) is 0 Å². The summed E-state index contributed by atoms with van der Waals surface area (Å²) in [5.41, 5.74) is 1.95. The van der Waals surface area contributed by atoms with Crippen molar-refractivity contribution in [2.45, 2.75) is 13.0 Å². The Morgan fingerprint density at radius 2 is 2.35 bits per heavy atom. The van der Waals surface area contributed by atoms with E-state index in [1.807, 2.05) is 25.1 Å². The van der Waals surface area contributed by atoms with Gasteiger partial charge in [-0.25, -0.2) is 0 Å². The van der Waals surface area contributed by atoms with Crippen molar-refractivity contribution in [1.29, 1.82) is 0 Å². The summed E-state index contributed by atoms with van der Waals surface area (Å²) in [5, 5.41) is 9.06. The number of hydrogen-bond acceptors (Lipinski definition) is 3. The summed E-state index contributed by atoms with van der Waals surface area (Å²) in [5.74, 6) is -0.191. The molecule has 92 valence electrons. The van der Waals surface area contributed by atoms with E-state index in [0.29, 0.717) is 13.2 Å². The predicted octanol–water partition coefficient (Wildman–Crippen LogP) is 1.48. The maximum atomic E-state index is 12.0. The lowest BCUT2D eigenvalue weighted by molar-refractivity contribution is -0.136. The number of carbonyl (C=O) groups excluding carboxylic acids is 1. The van der Waals surface area contributed by atoms with Gasteiger partial charge in [-0.3, -0.25) is 4.79 Å². The first-order valence-corrected chi connectivity index (χ1v) is 6.23. The average molecular weight is 300 g/mol. The quantitative estimate of drug-likeness (QED) is 0.900. The molecule has 17 heavy (non-hydrogen) atoms. The largest absolute Gasteiger partial charge is 0.393 e. The third kappa shape index (κ3) is 2.51. The molecule has 1 atom stereocenters. The maximum Gasteiger partial charge on any atom is 0.258 e. The fraction of sp³-hybridized carbons (Fsp3) is 0.417. The lowest BCUT2D eigenvalue weighted by atomic mass is 10.2. The molecule has 1 aromatic carbocycles. The second kappa shape index (κ2) is 5.16. The van der Waals surface area contributed by atoms with E-state index in [2.05, 4.69) is 15.9 Å². The summed E-state index contributed by atoms with van der Waals surface area (Å²) in [6.45, 7) is 2.67. The number of hydrogen-bond donors (Lipinski definition) is 1. The van der Waals surface area contributed by atoms with Crippen molar-refractivity contribution in [3.63, 3.8) is 0 Å². The second-order valence-electron chi connectivity index (χ2n) is 3.99. The third-order valence-electron chi connectivity index (χ3n) is 2.74. The molecule has 5 heteroatoms. The summed E-state index contributed by atoms with van der Waals surface area (Å²) in [4.78, 5) is 13.7. The van der Waals surface area contributed by atoms with E-state index >= 15 is 0 Å². The van der Waals surface area contributed by atoms with Crippen LogP contribution in [-0.4, -0.2) is 36.9 Å². The molecule has 1 unspecified atom stereocenters. The van der Waals surface area contributed by atoms with Gasteiger partial charge in [0.2, 0.25) is 0 Å². The summed E-state index contributed by atoms with van der Waals surface area (Å²) >= 11 is 3.45. The van der Waals surface area contributed by atoms with Gasteiger partial charge >= 0.3 is 0 Å². The van der Waals surface area contributed by atoms with Crippen molar-refractivity contribution in [2.75, 3.05) is 24.7 Å². The highest BCUT2D eigenvalue weighted by atomic mass is 79.9. The Balaban J connectivity index is 2.29. The molecule has 1 heterocycles. The first-order valence-electron chi connectivity index (χ1n) is 5.43. The van der Waals surface area contributed by atoms with E-state index in [0.717, 1.165) is 15.7 Å². The molecule has 0 saturated carbocycles. The zero-order valence-electron chi connectivity index (χ0n) is 9.52. The predicted molar refractivity (Wildman–Crippen MR) is 68.1 cm³/mol. The number of nitrogens with zero attached hydrogens (tertiary/aromatic N) is 1. The molecule has 1 aliphatic heterocycles. The van der Waals surface area contributed by atoms with Crippen LogP contribution in [0.1, 0.15) is 5.56 Å². The lowest BCUT2D eigenvalue weighted by Gasteiger charge is -2.32. The van der Waals surface area contributed by atoms with Gasteiger partial charge in [0, 0.05) is 11.0 Å². The Bertz CT molecular complexity index is 436. The Hall–Kier alpha value is -0.910. The van der Waals surface area contributed by atoms with Gasteiger partial charge in [-0.2, -0.15) is 0 Å². The van der Waals surface area contributed by atoms with Gasteiger partial charge in [-0.05, 0) is 40.5 Å². The van der Waals surface area contributed by atoms with E-state index in [-0.39, 0.29) is 12.5 Å². The Morgan fingerprint density at radius 3 is 3.00 bits per heavy atom. The zero-order chi connectivity index (χ0) is 12.4. The van der Waals surface area contributed by atoms with Gasteiger partial charge in [0.15, 0.2) is 6.10 Å². The van der Waals surface area contributed by atoms with E-state index in [1.165, 1.54) is 0 Å². The molecule has 1 aromatic rings. The number of carbonyl (C=O) groups is 1. The SMILES string of the molecule is Cc1ccc(N2CCOC(CO)C2=O)c(Br)c1. The van der Waals surface area contributed by atoms with Gasteiger partial charge in [-0.15, -0.1) is 0 Å². The van der Waals surface area contributed by atoms with Crippen molar-refractivity contribution in [1.82, 2.24) is 0 Å². The normalized spacial score (nSPS) is 20.8. The van der Waals surface area contributed by atoms with E-state index in [1.54, 1.807) is 4.90 Å². The summed E-state index contributed by atoms with van der Waals surface area (Å²) in [6.07, 6.45) is -0.739. The van der Waals surface area contributed by atoms with E-state index in [4.69, 9.17) is 9.84 Å². The van der Waals surface area contributed by atoms with Crippen molar-refractivity contribution in [3.05, 3.63) is 28.2 Å². The number of morpholine rings is 1. The number of amides is 1. The minimum atomic E-state index is -0.739. The Labute approximate surface area is 108 Å². The number of halogens is 1. The molecule has 1 fully saturated rings. The van der Waals surface area contributed by atoms with Crippen molar-refractivity contribution >= 4 is 27.5 Å². The topological polar surface area (TPSA) is 49.8 Å². The molecule has 0 aliphatic carbocycles. The Kier molecular flexibility index (Phi) is 3.81. The molecular weight excluding hydrogens is 286 g/mol. The molecule has 0 spiro atoms. The van der Waals surface area contributed by atoms with Gasteiger partial charge in [0.25, 0.3) is 5.91 Å². The lowest BCUT2D eigenvalue weighted by Crippen LogP contribution is -2.49. The third-order valence-corrected chi connectivity index (χ3v) is 3.37. The zero-order valence-corrected chi connectivity index (χ0v) is 11.1. The molecule has 1 aliphatic rings. The number of benzene rings is 1. The van der Waals surface area contributed by atoms with Crippen LogP contribution in [0.3, 0.4) is 0 Å². The summed E-state index contributed by atoms with van der Waals surface area (Å²) in [6, 6.07) is 5.82. The maximum absolute atomic E-state index is 12.0. The van der Waals surface area contributed by atoms with Crippen LogP contribution in [0.5, 0.6) is 0 Å². The average Bonchev–Trinajstić information content (AvgIpc) is 2.30. The van der Waals surface area contributed by atoms with Crippen LogP contribution in [0.4, 0.5) is 5.69 Å². The summed E-state index contributed by atoms with van der Waals surface area (Å²) < 4.78 is 6.08. The van der Waals surface area contributed by atoms with Crippen LogP contribution in [0.15, 0.2) is 22.7 Å². The first-order chi connectivity index (χ1) is 8.13. The van der Waals surface area contributed by atoms with E-state index < -0.39 is 6.10 Å². The van der Waals surface area contributed by atoms with Crippen LogP contribution in [0, 0.1) is 6.92 Å². The number of rotatable bonds is 2. The minimum absolute atomic E-state index is 0.191. The molecule has 0 bridgehead atoms. The second-order valence-corrected chi connectivity index (χ2v) is 4.84. The smallest absolute Gasteiger partial charge is 0.258 e. The van der Waals surface area contributed by atoms with Crippen LogP contribution >= 0.6 is 15.9 Å². The molecule has 1 amide bonds. The number of aliphatic hydroxyl groups is 1. The standard InChI is InChI=1S/C12H14BrNO3/c1-8-2-3-10(9(13)6-8)14-4-5-17-11(7-15)12(14)16/h2-3,6,11,15H,4-5,7H2,1H3. The summed E-state index contributed by atoms with van der Waals surface area (Å²) in [7, 11) is 0. The molecule has 2 rings (SSSR count). The fourth-order valence-corrected chi connectivity index (χ4v) is 2.55.